The van der Waals surface area contributed by atoms with Gasteiger partial charge in [0, 0.05) is 22.4 Å². The van der Waals surface area contributed by atoms with E-state index in [1.54, 1.807) is 0 Å². The number of alkyl halides is 3. The Morgan fingerprint density at radius 3 is 2.40 bits per heavy atom. The molecule has 2 aromatic heterocycles. The molecule has 3 heterocycles. The lowest BCUT2D eigenvalue weighted by Crippen LogP contribution is -2.49. The lowest BCUT2D eigenvalue weighted by atomic mass is 9.79. The van der Waals surface area contributed by atoms with Crippen molar-refractivity contribution in [1.82, 2.24) is 10.3 Å². The summed E-state index contributed by atoms with van der Waals surface area (Å²) in [5.41, 5.74) is 1.29. The normalized spacial score (nSPS) is 18.2. The zero-order valence-corrected chi connectivity index (χ0v) is 22.0. The number of benzene rings is 2. The van der Waals surface area contributed by atoms with Gasteiger partial charge in [0.1, 0.15) is 40.5 Å². The summed E-state index contributed by atoms with van der Waals surface area (Å²) >= 11 is 1.01. The monoisotopic (exact) mass is 575 g/mol. The maximum absolute atomic E-state index is 14.7. The highest BCUT2D eigenvalue weighted by molar-refractivity contribution is 7.20. The zero-order valence-electron chi connectivity index (χ0n) is 21.2. The molecule has 6 nitrogen and oxygen atoms in total. The Morgan fingerprint density at radius 1 is 1.07 bits per heavy atom. The zero-order chi connectivity index (χ0) is 29.0. The summed E-state index contributed by atoms with van der Waals surface area (Å²) in [4.78, 5) is 29.7. The van der Waals surface area contributed by atoms with Crippen LogP contribution < -0.4 is 15.8 Å². The van der Waals surface area contributed by atoms with Gasteiger partial charge in [0.05, 0.1) is 10.6 Å². The van der Waals surface area contributed by atoms with Crippen LogP contribution in [0.25, 0.3) is 21.3 Å². The number of carbonyl (C=O) groups excluding carboxylic acids is 2. The average Bonchev–Trinajstić information content (AvgIpc) is 3.48. The van der Waals surface area contributed by atoms with E-state index in [1.165, 1.54) is 43.3 Å². The van der Waals surface area contributed by atoms with Crippen LogP contribution in [0.5, 0.6) is 5.75 Å². The third kappa shape index (κ3) is 4.55. The number of aromatic nitrogens is 1. The first-order valence-corrected chi connectivity index (χ1v) is 12.8. The maximum Gasteiger partial charge on any atom is 0.401 e. The molecule has 12 heteroatoms. The minimum absolute atomic E-state index is 0.0224. The van der Waals surface area contributed by atoms with Crippen LogP contribution in [-0.4, -0.2) is 36.1 Å². The third-order valence-corrected chi connectivity index (χ3v) is 8.34. The van der Waals surface area contributed by atoms with Crippen LogP contribution in [0.4, 0.5) is 22.0 Å². The summed E-state index contributed by atoms with van der Waals surface area (Å²) in [5.74, 6) is -2.58. The van der Waals surface area contributed by atoms with Crippen molar-refractivity contribution in [3.8, 4) is 17.0 Å². The van der Waals surface area contributed by atoms with Crippen LogP contribution >= 0.6 is 11.3 Å². The van der Waals surface area contributed by atoms with Gasteiger partial charge in [-0.05, 0) is 73.8 Å². The van der Waals surface area contributed by atoms with Gasteiger partial charge in [0.15, 0.2) is 0 Å². The van der Waals surface area contributed by atoms with E-state index in [0.29, 0.717) is 10.1 Å². The first-order chi connectivity index (χ1) is 18.7. The van der Waals surface area contributed by atoms with Crippen LogP contribution in [0, 0.1) is 11.6 Å². The smallest absolute Gasteiger partial charge is 0.401 e. The van der Waals surface area contributed by atoms with Gasteiger partial charge in [-0.3, -0.25) is 9.59 Å². The van der Waals surface area contributed by atoms with Crippen LogP contribution in [-0.2, 0) is 15.6 Å². The third-order valence-electron chi connectivity index (χ3n) is 7.23. The minimum Gasteiger partial charge on any atom is -0.489 e. The largest absolute Gasteiger partial charge is 0.489 e. The highest BCUT2D eigenvalue weighted by Crippen LogP contribution is 2.48. The summed E-state index contributed by atoms with van der Waals surface area (Å²) in [6, 6.07) is 11.4. The lowest BCUT2D eigenvalue weighted by molar-refractivity contribution is -0.184. The number of primary amides is 1. The summed E-state index contributed by atoms with van der Waals surface area (Å²) < 4.78 is 77.7. The standard InChI is InChI=1S/C28H22F5N3O3S/c1-26(25(34)38)13-39-23-18(26)11-21(36-22(23)14-3-5-16(29)6-4-14)27(2,28(31,32)33)12-35-24(37)20-10-15-9-17(30)7-8-19(15)40-20/h3-11H,12-13H2,1-2H3,(H2,34,38)(H,35,37)/t26-,27-/m0/s1. The van der Waals surface area contributed by atoms with Crippen molar-refractivity contribution in [2.45, 2.75) is 30.9 Å². The SMILES string of the molecule is C[C@](CNC(=O)c1cc2cc(F)ccc2s1)(c1cc2c(c(-c3ccc(F)cc3)n1)OC[C@]2(C)C(N)=O)C(F)(F)F. The molecule has 0 saturated carbocycles. The fraction of sp³-hybridized carbons (Fsp3) is 0.250. The van der Waals surface area contributed by atoms with Gasteiger partial charge in [-0.2, -0.15) is 13.2 Å². The predicted octanol–water partition coefficient (Wildman–Crippen LogP) is 5.63. The Hall–Kier alpha value is -4.06. The molecule has 208 valence electrons. The molecule has 5 rings (SSSR count). The van der Waals surface area contributed by atoms with Gasteiger partial charge in [-0.15, -0.1) is 11.3 Å². The fourth-order valence-corrected chi connectivity index (χ4v) is 5.44. The van der Waals surface area contributed by atoms with Crippen molar-refractivity contribution in [3.05, 3.63) is 82.4 Å². The van der Waals surface area contributed by atoms with E-state index >= 15 is 0 Å². The topological polar surface area (TPSA) is 94.3 Å². The van der Waals surface area contributed by atoms with E-state index in [2.05, 4.69) is 10.3 Å². The van der Waals surface area contributed by atoms with E-state index in [9.17, 15) is 31.5 Å². The highest BCUT2D eigenvalue weighted by atomic mass is 32.1. The first-order valence-electron chi connectivity index (χ1n) is 12.0. The molecule has 0 radical (unpaired) electrons. The molecule has 2 aromatic carbocycles. The average molecular weight is 576 g/mol. The molecule has 1 aliphatic rings. The molecular formula is C28H22F5N3O3S. The number of nitrogens with zero attached hydrogens (tertiary/aromatic N) is 1. The van der Waals surface area contributed by atoms with E-state index in [0.717, 1.165) is 36.5 Å². The van der Waals surface area contributed by atoms with Crippen molar-refractivity contribution in [2.75, 3.05) is 13.2 Å². The minimum atomic E-state index is -4.91. The maximum atomic E-state index is 14.7. The van der Waals surface area contributed by atoms with E-state index < -0.39 is 52.7 Å². The Balaban J connectivity index is 1.58. The van der Waals surface area contributed by atoms with Gasteiger partial charge in [-0.1, -0.05) is 0 Å². The highest BCUT2D eigenvalue weighted by Gasteiger charge is 2.55. The molecule has 1 aliphatic heterocycles. The molecule has 0 aliphatic carbocycles. The summed E-state index contributed by atoms with van der Waals surface area (Å²) in [6.45, 7) is 1.22. The second-order valence-corrected chi connectivity index (χ2v) is 11.1. The van der Waals surface area contributed by atoms with E-state index in [1.807, 2.05) is 0 Å². The number of fused-ring (bicyclic) bond motifs is 2. The van der Waals surface area contributed by atoms with Crippen LogP contribution in [0.15, 0.2) is 54.6 Å². The number of pyridine rings is 1. The molecule has 4 aromatic rings. The van der Waals surface area contributed by atoms with E-state index in [-0.39, 0.29) is 34.1 Å². The number of amides is 2. The number of nitrogens with two attached hydrogens (primary N) is 1. The number of rotatable bonds is 6. The molecular weight excluding hydrogens is 553 g/mol. The van der Waals surface area contributed by atoms with E-state index in [4.69, 9.17) is 10.5 Å². The number of carbonyl (C=O) groups is 2. The van der Waals surface area contributed by atoms with Crippen molar-refractivity contribution in [2.24, 2.45) is 5.73 Å². The summed E-state index contributed by atoms with van der Waals surface area (Å²) in [7, 11) is 0. The second kappa shape index (κ2) is 9.54. The Labute approximate surface area is 229 Å². The predicted molar refractivity (Wildman–Crippen MR) is 139 cm³/mol. The van der Waals surface area contributed by atoms with Crippen LogP contribution in [0.3, 0.4) is 0 Å². The van der Waals surface area contributed by atoms with Gasteiger partial charge < -0.3 is 15.8 Å². The number of nitrogens with one attached hydrogen (secondary N) is 1. The molecule has 0 saturated heterocycles. The van der Waals surface area contributed by atoms with Crippen molar-refractivity contribution in [1.29, 1.82) is 0 Å². The molecule has 2 atom stereocenters. The van der Waals surface area contributed by atoms with Gasteiger partial charge in [0.2, 0.25) is 5.91 Å². The van der Waals surface area contributed by atoms with Gasteiger partial charge in [0.25, 0.3) is 5.91 Å². The molecule has 0 unspecified atom stereocenters. The number of thiophene rings is 1. The fourth-order valence-electron chi connectivity index (χ4n) is 4.48. The van der Waals surface area contributed by atoms with Crippen molar-refractivity contribution >= 4 is 33.2 Å². The molecule has 3 N–H and O–H groups in total. The molecule has 40 heavy (non-hydrogen) atoms. The number of ether oxygens (including phenoxy) is 1. The van der Waals surface area contributed by atoms with Gasteiger partial charge >= 0.3 is 6.18 Å². The Kier molecular flexibility index (Phi) is 6.56. The second-order valence-electron chi connectivity index (χ2n) is 10.0. The Bertz CT molecular complexity index is 1650. The quantitative estimate of drug-likeness (QED) is 0.292. The van der Waals surface area contributed by atoms with Gasteiger partial charge in [-0.25, -0.2) is 13.8 Å². The lowest BCUT2D eigenvalue weighted by Gasteiger charge is -2.33. The Morgan fingerprint density at radius 2 is 1.75 bits per heavy atom. The first kappa shape index (κ1) is 27.5. The van der Waals surface area contributed by atoms with Crippen molar-refractivity contribution in [3.63, 3.8) is 0 Å². The van der Waals surface area contributed by atoms with Crippen LogP contribution in [0.1, 0.15) is 34.8 Å². The van der Waals surface area contributed by atoms with Crippen LogP contribution in [0.2, 0.25) is 0 Å². The molecule has 2 amide bonds. The number of hydrogen-bond acceptors (Lipinski definition) is 5. The molecule has 0 fully saturated rings. The summed E-state index contributed by atoms with van der Waals surface area (Å²) in [5, 5.41) is 2.79. The number of halogens is 5. The number of hydrogen-bond donors (Lipinski definition) is 2. The molecule has 0 spiro atoms. The molecule has 0 bridgehead atoms. The summed E-state index contributed by atoms with van der Waals surface area (Å²) in [6.07, 6.45) is -4.91. The van der Waals surface area contributed by atoms with Crippen molar-refractivity contribution < 1.29 is 36.3 Å².